The molecule has 0 amide bonds. The van der Waals surface area contributed by atoms with Gasteiger partial charge < -0.3 is 9.85 Å². The van der Waals surface area contributed by atoms with Gasteiger partial charge in [-0.25, -0.2) is 0 Å². The van der Waals surface area contributed by atoms with Gasteiger partial charge in [-0.2, -0.15) is 0 Å². The molecule has 0 aromatic heterocycles. The van der Waals surface area contributed by atoms with Crippen LogP contribution in [0.2, 0.25) is 0 Å². The Kier molecular flexibility index (Phi) is 2.24. The second-order valence-electron chi connectivity index (χ2n) is 2.40. The minimum absolute atomic E-state index is 0.119. The van der Waals surface area contributed by atoms with Crippen molar-refractivity contribution in [1.29, 1.82) is 1.43 Å². The summed E-state index contributed by atoms with van der Waals surface area (Å²) in [6, 6.07) is 7.03. The molecular formula is C9H10O3. The molecule has 0 spiro atoms. The number of hydrogen-bond acceptors (Lipinski definition) is 3. The second-order valence-corrected chi connectivity index (χ2v) is 2.40. The van der Waals surface area contributed by atoms with Crippen molar-refractivity contribution in [2.45, 2.75) is 6.42 Å². The van der Waals surface area contributed by atoms with Gasteiger partial charge in [0.15, 0.2) is 0 Å². The molecule has 1 aromatic rings. The van der Waals surface area contributed by atoms with Gasteiger partial charge >= 0.3 is 5.97 Å². The zero-order chi connectivity index (χ0) is 9.68. The SMILES string of the molecule is [2H]OC(=O)Cc1ccc(OC)cc1. The lowest BCUT2D eigenvalue weighted by molar-refractivity contribution is -0.136. The fourth-order valence-electron chi connectivity index (χ4n) is 0.910. The summed E-state index contributed by atoms with van der Waals surface area (Å²) in [6.07, 6.45) is 0.119. The number of benzene rings is 1. The molecule has 3 nitrogen and oxygen atoms in total. The number of ether oxygens (including phenoxy) is 1. The smallest absolute Gasteiger partial charge is 0.307 e. The summed E-state index contributed by atoms with van der Waals surface area (Å²) < 4.78 is 11.3. The van der Waals surface area contributed by atoms with E-state index >= 15 is 0 Å². The van der Waals surface area contributed by atoms with Crippen LogP contribution < -0.4 is 4.74 Å². The molecule has 1 rings (SSSR count). The third kappa shape index (κ3) is 2.27. The molecule has 0 heterocycles. The first-order valence-corrected chi connectivity index (χ1v) is 3.55. The molecule has 12 heavy (non-hydrogen) atoms. The molecule has 0 saturated carbocycles. The number of methoxy groups -OCH3 is 1. The molecule has 1 N–H and O–H groups in total. The highest BCUT2D eigenvalue weighted by Crippen LogP contribution is 2.11. The van der Waals surface area contributed by atoms with Gasteiger partial charge in [0.2, 0.25) is 0 Å². The average molecular weight is 167 g/mol. The highest BCUT2D eigenvalue weighted by Gasteiger charge is 1.99. The standard InChI is InChI=1S/C9H10O3/c1-12-8-4-2-7(3-5-8)6-9(10)11/h2-5H,6H2,1H3,(H,10,11)/i/hD. The number of carboxylic acids is 1. The van der Waals surface area contributed by atoms with Crippen LogP contribution in [0.5, 0.6) is 5.75 Å². The van der Waals surface area contributed by atoms with Crippen molar-refractivity contribution in [2.75, 3.05) is 7.11 Å². The molecule has 0 unspecified atom stereocenters. The molecule has 0 aliphatic carbocycles. The van der Waals surface area contributed by atoms with E-state index in [1.165, 1.54) is 0 Å². The van der Waals surface area contributed by atoms with Gasteiger partial charge in [-0.05, 0) is 17.7 Å². The van der Waals surface area contributed by atoms with Crippen LogP contribution in [-0.2, 0) is 11.2 Å². The Morgan fingerprint density at radius 1 is 1.58 bits per heavy atom. The zero-order valence-electron chi connectivity index (χ0n) is 7.74. The zero-order valence-corrected chi connectivity index (χ0v) is 6.74. The van der Waals surface area contributed by atoms with Crippen LogP contribution in [0.15, 0.2) is 24.3 Å². The lowest BCUT2D eigenvalue weighted by atomic mass is 10.1. The summed E-state index contributed by atoms with van der Waals surface area (Å²) >= 11 is 0. The Morgan fingerprint density at radius 2 is 2.25 bits per heavy atom. The maximum absolute atomic E-state index is 10.7. The van der Waals surface area contributed by atoms with Gasteiger partial charge in [-0.3, -0.25) is 4.79 Å². The normalized spacial score (nSPS) is 10.2. The van der Waals surface area contributed by atoms with E-state index in [0.717, 1.165) is 11.3 Å². The highest BCUT2D eigenvalue weighted by atomic mass is 16.5. The Balaban J connectivity index is 2.64. The molecule has 0 aliphatic rings. The molecule has 0 aliphatic heterocycles. The fourth-order valence-corrected chi connectivity index (χ4v) is 0.910. The van der Waals surface area contributed by atoms with Crippen LogP contribution in [0.3, 0.4) is 0 Å². The monoisotopic (exact) mass is 167 g/mol. The summed E-state index contributed by atoms with van der Waals surface area (Å²) in [6.45, 7) is 0. The van der Waals surface area contributed by atoms with Crippen molar-refractivity contribution < 1.29 is 14.6 Å². The Hall–Kier alpha value is -1.51. The van der Waals surface area contributed by atoms with E-state index in [4.69, 9.17) is 6.17 Å². The third-order valence-electron chi connectivity index (χ3n) is 1.51. The summed E-state index contributed by atoms with van der Waals surface area (Å²) in [5, 5.41) is 3.79. The molecule has 1 aromatic carbocycles. The molecule has 0 atom stereocenters. The van der Waals surface area contributed by atoms with Crippen molar-refractivity contribution in [3.8, 4) is 5.75 Å². The van der Waals surface area contributed by atoms with Crippen LogP contribution in [0.1, 0.15) is 5.56 Å². The first kappa shape index (κ1) is 7.16. The molecular weight excluding hydrogens is 156 g/mol. The maximum Gasteiger partial charge on any atom is 0.307 e. The van der Waals surface area contributed by atoms with Crippen molar-refractivity contribution in [2.24, 2.45) is 0 Å². The van der Waals surface area contributed by atoms with Crippen LogP contribution in [0, 0.1) is 0 Å². The third-order valence-corrected chi connectivity index (χ3v) is 1.51. The molecule has 0 bridgehead atoms. The van der Waals surface area contributed by atoms with Crippen molar-refractivity contribution in [3.63, 3.8) is 0 Å². The summed E-state index contributed by atoms with van der Waals surface area (Å²) in [5.41, 5.74) is 0.804. The Labute approximate surface area is 72.1 Å². The largest absolute Gasteiger partial charge is 0.497 e. The first-order valence-electron chi connectivity index (χ1n) is 3.96. The number of hydrogen-bond donors (Lipinski definition) is 1. The summed E-state index contributed by atoms with van der Waals surface area (Å²) in [5.74, 6) is 0.174. The predicted octanol–water partition coefficient (Wildman–Crippen LogP) is 1.32. The molecule has 0 fully saturated rings. The van der Waals surface area contributed by atoms with Crippen molar-refractivity contribution in [1.82, 2.24) is 0 Å². The Morgan fingerprint density at radius 3 is 2.75 bits per heavy atom. The van der Waals surface area contributed by atoms with Crippen LogP contribution in [0.25, 0.3) is 1.43 Å². The van der Waals surface area contributed by atoms with E-state index in [0.29, 0.717) is 0 Å². The number of carbonyl (C=O) groups is 1. The number of aliphatic carboxylic acids is 1. The van der Waals surface area contributed by atoms with Gasteiger partial charge in [0, 0.05) is 0 Å². The van der Waals surface area contributed by atoms with Gasteiger partial charge in [0.1, 0.15) is 5.75 Å². The van der Waals surface area contributed by atoms with Crippen molar-refractivity contribution in [3.05, 3.63) is 29.8 Å². The second kappa shape index (κ2) is 3.76. The average Bonchev–Trinajstić information content (AvgIpc) is 2.19. The molecule has 0 saturated heterocycles. The maximum atomic E-state index is 10.7. The van der Waals surface area contributed by atoms with E-state index in [9.17, 15) is 4.79 Å². The lowest BCUT2D eigenvalue weighted by Crippen LogP contribution is -1.99. The van der Waals surface area contributed by atoms with E-state index in [1.807, 2.05) is 0 Å². The van der Waals surface area contributed by atoms with Gasteiger partial charge in [0.05, 0.1) is 13.5 Å². The van der Waals surface area contributed by atoms with Crippen molar-refractivity contribution >= 4 is 5.97 Å². The van der Waals surface area contributed by atoms with Gasteiger partial charge in [-0.1, -0.05) is 12.1 Å². The minimum atomic E-state index is -0.565. The predicted molar refractivity (Wildman–Crippen MR) is 44.3 cm³/mol. The minimum Gasteiger partial charge on any atom is -0.497 e. The molecule has 64 valence electrons. The number of carboxylic acid groups (broad SMARTS) is 1. The quantitative estimate of drug-likeness (QED) is 0.738. The van der Waals surface area contributed by atoms with E-state index in [-0.39, 0.29) is 6.42 Å². The topological polar surface area (TPSA) is 46.5 Å². The van der Waals surface area contributed by atoms with E-state index in [1.54, 1.807) is 31.4 Å². The summed E-state index contributed by atoms with van der Waals surface area (Å²) in [4.78, 5) is 10.7. The van der Waals surface area contributed by atoms with Crippen LogP contribution in [-0.4, -0.2) is 18.2 Å². The lowest BCUT2D eigenvalue weighted by Gasteiger charge is -1.99. The fraction of sp³-hybridized carbons (Fsp3) is 0.222. The Bertz CT molecular complexity index is 281. The summed E-state index contributed by atoms with van der Waals surface area (Å²) in [7, 11) is 1.58. The van der Waals surface area contributed by atoms with Gasteiger partial charge in [0.25, 0.3) is 1.43 Å². The molecule has 3 heteroatoms. The molecule has 0 radical (unpaired) electrons. The van der Waals surface area contributed by atoms with Crippen LogP contribution >= 0.6 is 0 Å². The first-order chi connectivity index (χ1) is 6.26. The van der Waals surface area contributed by atoms with E-state index < -0.39 is 5.97 Å². The van der Waals surface area contributed by atoms with Gasteiger partial charge in [-0.15, -0.1) is 0 Å². The van der Waals surface area contributed by atoms with E-state index in [2.05, 4.69) is 5.11 Å². The van der Waals surface area contributed by atoms with Crippen LogP contribution in [0.4, 0.5) is 0 Å². The number of rotatable bonds is 3. The highest BCUT2D eigenvalue weighted by molar-refractivity contribution is 5.70.